The van der Waals surface area contributed by atoms with Gasteiger partial charge in [0.1, 0.15) is 0 Å². The molecule has 1 aliphatic rings. The SMILES string of the molecule is CCCCCCO[Si](C)(C)C1CCCCC1. The molecule has 0 aliphatic heterocycles. The van der Waals surface area contributed by atoms with Gasteiger partial charge < -0.3 is 4.43 Å². The highest BCUT2D eigenvalue weighted by Crippen LogP contribution is 2.37. The highest BCUT2D eigenvalue weighted by molar-refractivity contribution is 6.72. The fraction of sp³-hybridized carbons (Fsp3) is 1.00. The van der Waals surface area contributed by atoms with Gasteiger partial charge in [0.2, 0.25) is 0 Å². The Bertz CT molecular complexity index is 174. The maximum Gasteiger partial charge on any atom is 0.189 e. The number of hydrogen-bond acceptors (Lipinski definition) is 1. The molecular formula is C14H30OSi. The molecule has 96 valence electrons. The van der Waals surface area contributed by atoms with Crippen molar-refractivity contribution in [1.29, 1.82) is 0 Å². The molecule has 0 unspecified atom stereocenters. The smallest absolute Gasteiger partial charge is 0.189 e. The molecule has 0 saturated heterocycles. The Morgan fingerprint density at radius 3 is 2.31 bits per heavy atom. The van der Waals surface area contributed by atoms with Crippen molar-refractivity contribution in [2.75, 3.05) is 6.61 Å². The summed E-state index contributed by atoms with van der Waals surface area (Å²) in [5.74, 6) is 0. The predicted molar refractivity (Wildman–Crippen MR) is 74.4 cm³/mol. The van der Waals surface area contributed by atoms with Crippen molar-refractivity contribution in [3.8, 4) is 0 Å². The summed E-state index contributed by atoms with van der Waals surface area (Å²) < 4.78 is 6.25. The zero-order chi connectivity index (χ0) is 11.9. The lowest BCUT2D eigenvalue weighted by atomic mass is 10.0. The number of rotatable bonds is 7. The first-order valence-corrected chi connectivity index (χ1v) is 10.3. The first-order chi connectivity index (χ1) is 7.67. The van der Waals surface area contributed by atoms with E-state index in [4.69, 9.17) is 4.43 Å². The molecule has 0 heterocycles. The van der Waals surface area contributed by atoms with Crippen molar-refractivity contribution < 1.29 is 4.43 Å². The van der Waals surface area contributed by atoms with E-state index in [9.17, 15) is 0 Å². The molecule has 1 rings (SSSR count). The summed E-state index contributed by atoms with van der Waals surface area (Å²) in [6.07, 6.45) is 12.5. The molecule has 0 N–H and O–H groups in total. The fourth-order valence-electron chi connectivity index (χ4n) is 2.78. The van der Waals surface area contributed by atoms with E-state index in [2.05, 4.69) is 20.0 Å². The summed E-state index contributed by atoms with van der Waals surface area (Å²) in [6.45, 7) is 8.16. The quantitative estimate of drug-likeness (QED) is 0.444. The Balaban J connectivity index is 2.16. The van der Waals surface area contributed by atoms with Crippen molar-refractivity contribution >= 4 is 8.32 Å². The lowest BCUT2D eigenvalue weighted by Gasteiger charge is -2.34. The summed E-state index contributed by atoms with van der Waals surface area (Å²) in [7, 11) is -1.36. The third-order valence-corrected chi connectivity index (χ3v) is 7.55. The van der Waals surface area contributed by atoms with Crippen molar-refractivity contribution in [3.05, 3.63) is 0 Å². The topological polar surface area (TPSA) is 9.23 Å². The highest BCUT2D eigenvalue weighted by Gasteiger charge is 2.34. The zero-order valence-corrected chi connectivity index (χ0v) is 12.6. The van der Waals surface area contributed by atoms with Crippen LogP contribution in [0.25, 0.3) is 0 Å². The summed E-state index contributed by atoms with van der Waals surface area (Å²) >= 11 is 0. The third-order valence-electron chi connectivity index (χ3n) is 4.06. The number of hydrogen-bond donors (Lipinski definition) is 0. The van der Waals surface area contributed by atoms with Crippen LogP contribution in [0.1, 0.15) is 64.7 Å². The van der Waals surface area contributed by atoms with E-state index in [-0.39, 0.29) is 0 Å². The van der Waals surface area contributed by atoms with Gasteiger partial charge in [-0.2, -0.15) is 0 Å². The van der Waals surface area contributed by atoms with E-state index >= 15 is 0 Å². The largest absolute Gasteiger partial charge is 0.417 e. The summed E-state index contributed by atoms with van der Waals surface area (Å²) in [4.78, 5) is 0. The second-order valence-corrected chi connectivity index (χ2v) is 10.2. The molecule has 1 fully saturated rings. The molecule has 0 radical (unpaired) electrons. The van der Waals surface area contributed by atoms with E-state index in [1.807, 2.05) is 0 Å². The molecule has 0 spiro atoms. The van der Waals surface area contributed by atoms with Crippen LogP contribution in [0.5, 0.6) is 0 Å². The standard InChI is InChI=1S/C14H30OSi/c1-4-5-6-10-13-15-16(2,3)14-11-8-7-9-12-14/h14H,4-13H2,1-3H3. The second kappa shape index (κ2) is 7.49. The second-order valence-electron chi connectivity index (χ2n) is 5.85. The van der Waals surface area contributed by atoms with Gasteiger partial charge in [0.05, 0.1) is 0 Å². The van der Waals surface area contributed by atoms with Gasteiger partial charge in [0, 0.05) is 6.61 Å². The maximum absolute atomic E-state index is 6.25. The van der Waals surface area contributed by atoms with Crippen molar-refractivity contribution in [2.24, 2.45) is 0 Å². The van der Waals surface area contributed by atoms with Gasteiger partial charge in [-0.05, 0) is 25.1 Å². The minimum atomic E-state index is -1.36. The normalized spacial score (nSPS) is 18.9. The Morgan fingerprint density at radius 1 is 1.00 bits per heavy atom. The lowest BCUT2D eigenvalue weighted by Crippen LogP contribution is -2.38. The predicted octanol–water partition coefficient (Wildman–Crippen LogP) is 5.12. The van der Waals surface area contributed by atoms with Gasteiger partial charge in [-0.1, -0.05) is 58.3 Å². The van der Waals surface area contributed by atoms with Crippen LogP contribution in [0.15, 0.2) is 0 Å². The van der Waals surface area contributed by atoms with Crippen LogP contribution >= 0.6 is 0 Å². The first-order valence-electron chi connectivity index (χ1n) is 7.31. The van der Waals surface area contributed by atoms with E-state index in [0.717, 1.165) is 12.1 Å². The lowest BCUT2D eigenvalue weighted by molar-refractivity contribution is 0.277. The zero-order valence-electron chi connectivity index (χ0n) is 11.6. The average molecular weight is 242 g/mol. The van der Waals surface area contributed by atoms with Crippen LogP contribution in [-0.2, 0) is 4.43 Å². The van der Waals surface area contributed by atoms with Gasteiger partial charge in [0.15, 0.2) is 8.32 Å². The van der Waals surface area contributed by atoms with Crippen molar-refractivity contribution in [1.82, 2.24) is 0 Å². The van der Waals surface area contributed by atoms with Crippen LogP contribution in [0.2, 0.25) is 18.6 Å². The third kappa shape index (κ3) is 5.01. The average Bonchev–Trinajstić information content (AvgIpc) is 2.30. The molecule has 16 heavy (non-hydrogen) atoms. The molecule has 0 atom stereocenters. The minimum absolute atomic E-state index is 0.937. The molecule has 1 saturated carbocycles. The van der Waals surface area contributed by atoms with Gasteiger partial charge in [-0.3, -0.25) is 0 Å². The van der Waals surface area contributed by atoms with Crippen LogP contribution in [0, 0.1) is 0 Å². The Kier molecular flexibility index (Phi) is 6.67. The van der Waals surface area contributed by atoms with Gasteiger partial charge in [-0.25, -0.2) is 0 Å². The van der Waals surface area contributed by atoms with Crippen LogP contribution < -0.4 is 0 Å². The van der Waals surface area contributed by atoms with Crippen LogP contribution in [0.3, 0.4) is 0 Å². The van der Waals surface area contributed by atoms with Crippen molar-refractivity contribution in [2.45, 2.75) is 83.3 Å². The van der Waals surface area contributed by atoms with E-state index in [0.29, 0.717) is 0 Å². The molecule has 1 aliphatic carbocycles. The van der Waals surface area contributed by atoms with Gasteiger partial charge in [0.25, 0.3) is 0 Å². The molecule has 0 bridgehead atoms. The molecule has 0 amide bonds. The molecule has 1 nitrogen and oxygen atoms in total. The van der Waals surface area contributed by atoms with Crippen LogP contribution in [-0.4, -0.2) is 14.9 Å². The van der Waals surface area contributed by atoms with Gasteiger partial charge >= 0.3 is 0 Å². The van der Waals surface area contributed by atoms with E-state index in [1.165, 1.54) is 57.8 Å². The maximum atomic E-state index is 6.25. The molecule has 0 aromatic rings. The molecule has 0 aromatic heterocycles. The van der Waals surface area contributed by atoms with E-state index < -0.39 is 8.32 Å². The summed E-state index contributed by atoms with van der Waals surface area (Å²) in [6, 6.07) is 0. The monoisotopic (exact) mass is 242 g/mol. The summed E-state index contributed by atoms with van der Waals surface area (Å²) in [5, 5.41) is 0. The number of unbranched alkanes of at least 4 members (excludes halogenated alkanes) is 3. The molecule has 0 aromatic carbocycles. The van der Waals surface area contributed by atoms with Crippen LogP contribution in [0.4, 0.5) is 0 Å². The Hall–Kier alpha value is 0.177. The van der Waals surface area contributed by atoms with E-state index in [1.54, 1.807) is 0 Å². The van der Waals surface area contributed by atoms with Crippen molar-refractivity contribution in [3.63, 3.8) is 0 Å². The van der Waals surface area contributed by atoms with Gasteiger partial charge in [-0.15, -0.1) is 0 Å². The minimum Gasteiger partial charge on any atom is -0.417 e. The molecule has 2 heteroatoms. The first kappa shape index (κ1) is 14.2. The fourth-order valence-corrected chi connectivity index (χ4v) is 5.48. The summed E-state index contributed by atoms with van der Waals surface area (Å²) in [5.41, 5.74) is 0.937. The Labute approximate surface area is 103 Å². The Morgan fingerprint density at radius 2 is 1.69 bits per heavy atom. The molecular weight excluding hydrogens is 212 g/mol. The highest BCUT2D eigenvalue weighted by atomic mass is 28.4.